The van der Waals surface area contributed by atoms with Gasteiger partial charge in [-0.1, -0.05) is 12.1 Å². The number of nitrogens with two attached hydrogens (primary N) is 2. The van der Waals surface area contributed by atoms with Crippen molar-refractivity contribution in [1.82, 2.24) is 0 Å². The molecule has 2 rings (SSSR count). The zero-order valence-corrected chi connectivity index (χ0v) is 12.2. The number of hydrogen-bond acceptors (Lipinski definition) is 3. The maximum absolute atomic E-state index is 12.2. The minimum atomic E-state index is -0.139. The quantitative estimate of drug-likeness (QED) is 0.597. The van der Waals surface area contributed by atoms with Crippen LogP contribution in [0.15, 0.2) is 48.0 Å². The number of hydrogen-bond donors (Lipinski definition) is 3. The van der Waals surface area contributed by atoms with Crippen molar-refractivity contribution in [2.24, 2.45) is 0 Å². The Hall–Kier alpha value is -2.75. The molecule has 21 heavy (non-hydrogen) atoms. The van der Waals surface area contributed by atoms with Gasteiger partial charge in [-0.15, -0.1) is 0 Å². The molecule has 1 amide bonds. The first-order valence-corrected chi connectivity index (χ1v) is 6.67. The van der Waals surface area contributed by atoms with E-state index in [4.69, 9.17) is 11.5 Å². The van der Waals surface area contributed by atoms with Gasteiger partial charge in [0.1, 0.15) is 0 Å². The Balaban J connectivity index is 2.13. The van der Waals surface area contributed by atoms with E-state index in [1.165, 1.54) is 0 Å². The van der Waals surface area contributed by atoms with Crippen LogP contribution in [0.5, 0.6) is 0 Å². The van der Waals surface area contributed by atoms with E-state index in [9.17, 15) is 4.79 Å². The van der Waals surface area contributed by atoms with Gasteiger partial charge in [0.15, 0.2) is 0 Å². The first-order valence-electron chi connectivity index (χ1n) is 6.67. The van der Waals surface area contributed by atoms with Gasteiger partial charge in [0, 0.05) is 22.6 Å². The molecule has 0 bridgehead atoms. The molecule has 0 radical (unpaired) electrons. The molecule has 4 nitrogen and oxygen atoms in total. The van der Waals surface area contributed by atoms with E-state index in [0.29, 0.717) is 16.9 Å². The molecule has 2 aromatic carbocycles. The maximum Gasteiger partial charge on any atom is 0.251 e. The minimum absolute atomic E-state index is 0.139. The molecule has 0 spiro atoms. The Morgan fingerprint density at radius 1 is 1.05 bits per heavy atom. The van der Waals surface area contributed by atoms with Gasteiger partial charge < -0.3 is 16.8 Å². The van der Waals surface area contributed by atoms with Crippen molar-refractivity contribution in [2.45, 2.75) is 13.8 Å². The fourth-order valence-corrected chi connectivity index (χ4v) is 1.96. The summed E-state index contributed by atoms with van der Waals surface area (Å²) in [5.74, 6) is -0.139. The van der Waals surface area contributed by atoms with E-state index < -0.39 is 0 Å². The normalized spacial score (nSPS) is 11.2. The lowest BCUT2D eigenvalue weighted by atomic mass is 10.1. The standard InChI is InChI=1S/C17H19N3O/c1-11-10-15(19)7-8-16(11)20-17(21)12(2)9-13-3-5-14(18)6-4-13/h3-10H,18-19H2,1-2H3,(H,20,21)/b12-9+. The molecule has 0 unspecified atom stereocenters. The van der Waals surface area contributed by atoms with Crippen molar-refractivity contribution < 1.29 is 4.79 Å². The number of anilines is 3. The number of carbonyl (C=O) groups is 1. The second-order valence-electron chi connectivity index (χ2n) is 5.02. The van der Waals surface area contributed by atoms with Crippen LogP contribution in [0.1, 0.15) is 18.1 Å². The van der Waals surface area contributed by atoms with E-state index in [1.807, 2.05) is 31.2 Å². The van der Waals surface area contributed by atoms with Crippen LogP contribution in [-0.2, 0) is 4.79 Å². The molecule has 0 fully saturated rings. The molecule has 0 aliphatic rings. The molecule has 0 saturated carbocycles. The smallest absolute Gasteiger partial charge is 0.251 e. The topological polar surface area (TPSA) is 81.1 Å². The van der Waals surface area contributed by atoms with E-state index in [2.05, 4.69) is 5.32 Å². The maximum atomic E-state index is 12.2. The highest BCUT2D eigenvalue weighted by Gasteiger charge is 2.07. The number of rotatable bonds is 3. The summed E-state index contributed by atoms with van der Waals surface area (Å²) in [6.07, 6.45) is 1.82. The molecule has 0 aliphatic heterocycles. The van der Waals surface area contributed by atoms with Gasteiger partial charge in [0.25, 0.3) is 5.91 Å². The lowest BCUT2D eigenvalue weighted by Crippen LogP contribution is -2.13. The summed E-state index contributed by atoms with van der Waals surface area (Å²) in [5.41, 5.74) is 16.0. The van der Waals surface area contributed by atoms with Crippen molar-refractivity contribution in [2.75, 3.05) is 16.8 Å². The third kappa shape index (κ3) is 3.86. The van der Waals surface area contributed by atoms with Gasteiger partial charge in [-0.3, -0.25) is 4.79 Å². The van der Waals surface area contributed by atoms with Crippen molar-refractivity contribution >= 4 is 29.0 Å². The molecule has 5 N–H and O–H groups in total. The zero-order valence-electron chi connectivity index (χ0n) is 12.2. The van der Waals surface area contributed by atoms with Gasteiger partial charge in [-0.2, -0.15) is 0 Å². The number of benzene rings is 2. The fraction of sp³-hybridized carbons (Fsp3) is 0.118. The lowest BCUT2D eigenvalue weighted by Gasteiger charge is -2.09. The van der Waals surface area contributed by atoms with Crippen LogP contribution in [0.2, 0.25) is 0 Å². The highest BCUT2D eigenvalue weighted by molar-refractivity contribution is 6.06. The lowest BCUT2D eigenvalue weighted by molar-refractivity contribution is -0.112. The van der Waals surface area contributed by atoms with Crippen LogP contribution in [0.4, 0.5) is 17.1 Å². The molecular weight excluding hydrogens is 262 g/mol. The Morgan fingerprint density at radius 2 is 1.67 bits per heavy atom. The molecule has 0 heterocycles. The van der Waals surface area contributed by atoms with E-state index in [-0.39, 0.29) is 5.91 Å². The molecule has 0 aromatic heterocycles. The van der Waals surface area contributed by atoms with Gasteiger partial charge in [-0.25, -0.2) is 0 Å². The summed E-state index contributed by atoms with van der Waals surface area (Å²) in [7, 11) is 0. The summed E-state index contributed by atoms with van der Waals surface area (Å²) in [6.45, 7) is 3.68. The van der Waals surface area contributed by atoms with Crippen molar-refractivity contribution in [3.8, 4) is 0 Å². The number of carbonyl (C=O) groups excluding carboxylic acids is 1. The zero-order chi connectivity index (χ0) is 15.4. The summed E-state index contributed by atoms with van der Waals surface area (Å²) >= 11 is 0. The Bertz CT molecular complexity index is 688. The Labute approximate surface area is 124 Å². The average Bonchev–Trinajstić information content (AvgIpc) is 2.44. The minimum Gasteiger partial charge on any atom is -0.399 e. The van der Waals surface area contributed by atoms with Crippen LogP contribution < -0.4 is 16.8 Å². The van der Waals surface area contributed by atoms with Crippen LogP contribution in [-0.4, -0.2) is 5.91 Å². The Morgan fingerprint density at radius 3 is 2.29 bits per heavy atom. The van der Waals surface area contributed by atoms with Crippen LogP contribution >= 0.6 is 0 Å². The van der Waals surface area contributed by atoms with Crippen molar-refractivity contribution in [1.29, 1.82) is 0 Å². The molecule has 0 saturated heterocycles. The second kappa shape index (κ2) is 6.13. The summed E-state index contributed by atoms with van der Waals surface area (Å²) in [5, 5.41) is 2.88. The predicted molar refractivity (Wildman–Crippen MR) is 88.7 cm³/mol. The van der Waals surface area contributed by atoms with Gasteiger partial charge in [-0.05, 0) is 61.4 Å². The second-order valence-corrected chi connectivity index (χ2v) is 5.02. The third-order valence-electron chi connectivity index (χ3n) is 3.18. The van der Waals surface area contributed by atoms with Crippen LogP contribution in [0.25, 0.3) is 6.08 Å². The van der Waals surface area contributed by atoms with Crippen molar-refractivity contribution in [3.63, 3.8) is 0 Å². The van der Waals surface area contributed by atoms with E-state index in [1.54, 1.807) is 31.2 Å². The highest BCUT2D eigenvalue weighted by Crippen LogP contribution is 2.19. The molecule has 2 aromatic rings. The fourth-order valence-electron chi connectivity index (χ4n) is 1.96. The van der Waals surface area contributed by atoms with Gasteiger partial charge in [0.05, 0.1) is 0 Å². The molecule has 0 atom stereocenters. The SMILES string of the molecule is C/C(=C\c1ccc(N)cc1)C(=O)Nc1ccc(N)cc1C. The van der Waals surface area contributed by atoms with Crippen LogP contribution in [0.3, 0.4) is 0 Å². The average molecular weight is 281 g/mol. The third-order valence-corrected chi connectivity index (χ3v) is 3.18. The molecule has 0 aliphatic carbocycles. The Kier molecular flexibility index (Phi) is 4.28. The number of aryl methyl sites for hydroxylation is 1. The summed E-state index contributed by atoms with van der Waals surface area (Å²) in [4.78, 5) is 12.2. The molecular formula is C17H19N3O. The number of nitrogen functional groups attached to an aromatic ring is 2. The highest BCUT2D eigenvalue weighted by atomic mass is 16.1. The first kappa shape index (κ1) is 14.7. The molecule has 4 heteroatoms. The van der Waals surface area contributed by atoms with Gasteiger partial charge >= 0.3 is 0 Å². The van der Waals surface area contributed by atoms with E-state index in [0.717, 1.165) is 16.8 Å². The summed E-state index contributed by atoms with van der Waals surface area (Å²) in [6, 6.07) is 12.8. The predicted octanol–water partition coefficient (Wildman–Crippen LogP) is 3.20. The van der Waals surface area contributed by atoms with Crippen LogP contribution in [0, 0.1) is 6.92 Å². The van der Waals surface area contributed by atoms with Gasteiger partial charge in [0.2, 0.25) is 0 Å². The summed E-state index contributed by atoms with van der Waals surface area (Å²) < 4.78 is 0. The number of amides is 1. The van der Waals surface area contributed by atoms with Crippen molar-refractivity contribution in [3.05, 3.63) is 59.2 Å². The monoisotopic (exact) mass is 281 g/mol. The van der Waals surface area contributed by atoms with E-state index >= 15 is 0 Å². The molecule has 108 valence electrons. The largest absolute Gasteiger partial charge is 0.399 e. The first-order chi connectivity index (χ1) is 9.95. The number of nitrogens with one attached hydrogen (secondary N) is 1.